The van der Waals surface area contributed by atoms with Crippen LogP contribution in [0.15, 0.2) is 53.5 Å². The van der Waals surface area contributed by atoms with Crippen LogP contribution in [0.25, 0.3) is 0 Å². The van der Waals surface area contributed by atoms with Crippen molar-refractivity contribution in [3.63, 3.8) is 0 Å². The van der Waals surface area contributed by atoms with Crippen LogP contribution in [0.2, 0.25) is 0 Å². The highest BCUT2D eigenvalue weighted by atomic mass is 127. The molecule has 0 spiro atoms. The van der Waals surface area contributed by atoms with Crippen molar-refractivity contribution in [3.05, 3.63) is 54.3 Å². The summed E-state index contributed by atoms with van der Waals surface area (Å²) in [5.74, 6) is 0.996. The first-order chi connectivity index (χ1) is 11.6. The Balaban J connectivity index is 0.00000312. The number of guanidine groups is 1. The van der Waals surface area contributed by atoms with Gasteiger partial charge in [0, 0.05) is 11.8 Å². The quantitative estimate of drug-likeness (QED) is 0.335. The topological polar surface area (TPSA) is 89.1 Å². The molecular formula is C17H21FIN3O3. The average Bonchev–Trinajstić information content (AvgIpc) is 2.59. The zero-order valence-electron chi connectivity index (χ0n) is 13.7. The molecule has 0 bridgehead atoms. The van der Waals surface area contributed by atoms with Gasteiger partial charge in [-0.25, -0.2) is 4.39 Å². The normalized spacial score (nSPS) is 12.0. The molecule has 0 aromatic heterocycles. The molecule has 0 amide bonds. The van der Waals surface area contributed by atoms with Crippen molar-refractivity contribution in [3.8, 4) is 11.5 Å². The molecule has 0 saturated carbocycles. The van der Waals surface area contributed by atoms with E-state index < -0.39 is 6.10 Å². The zero-order valence-corrected chi connectivity index (χ0v) is 16.0. The van der Waals surface area contributed by atoms with E-state index in [-0.39, 0.29) is 48.9 Å². The molecule has 0 radical (unpaired) electrons. The van der Waals surface area contributed by atoms with Crippen LogP contribution < -0.4 is 20.5 Å². The van der Waals surface area contributed by atoms with Gasteiger partial charge in [-0.1, -0.05) is 6.07 Å². The van der Waals surface area contributed by atoms with Gasteiger partial charge in [-0.2, -0.15) is 0 Å². The number of nitrogens with zero attached hydrogens (tertiary/aromatic N) is 1. The molecule has 25 heavy (non-hydrogen) atoms. The Bertz CT molecular complexity index is 683. The number of hydrogen-bond donors (Lipinski definition) is 3. The first-order valence-corrected chi connectivity index (χ1v) is 7.34. The highest BCUT2D eigenvalue weighted by Crippen LogP contribution is 2.16. The number of hydrogen-bond acceptors (Lipinski definition) is 4. The number of aliphatic hydroxyl groups is 1. The summed E-state index contributed by atoms with van der Waals surface area (Å²) >= 11 is 0. The summed E-state index contributed by atoms with van der Waals surface area (Å²) < 4.78 is 23.2. The number of ether oxygens (including phenoxy) is 2. The number of methoxy groups -OCH3 is 1. The second-order valence-electron chi connectivity index (χ2n) is 5.00. The van der Waals surface area contributed by atoms with Gasteiger partial charge in [-0.05, 0) is 36.4 Å². The molecule has 1 unspecified atom stereocenters. The van der Waals surface area contributed by atoms with Crippen molar-refractivity contribution in [1.29, 1.82) is 0 Å². The van der Waals surface area contributed by atoms with Crippen molar-refractivity contribution >= 4 is 35.6 Å². The van der Waals surface area contributed by atoms with Crippen molar-refractivity contribution < 1.29 is 19.0 Å². The van der Waals surface area contributed by atoms with Crippen LogP contribution in [0.3, 0.4) is 0 Å². The standard InChI is InChI=1S/C17H20FN3O3.HI/c1-23-16-4-2-3-13(9-16)21-17(19)20-10-14(22)11-24-15-7-5-12(18)6-8-15;/h2-9,14,22H,10-11H2,1H3,(H3,19,20,21);1H. The predicted molar refractivity (Wildman–Crippen MR) is 106 cm³/mol. The van der Waals surface area contributed by atoms with E-state index in [9.17, 15) is 9.50 Å². The third-order valence-corrected chi connectivity index (χ3v) is 3.07. The molecule has 0 aliphatic carbocycles. The third-order valence-electron chi connectivity index (χ3n) is 3.07. The van der Waals surface area contributed by atoms with Crippen LogP contribution in [-0.2, 0) is 0 Å². The zero-order chi connectivity index (χ0) is 17.4. The molecule has 8 heteroatoms. The molecular weight excluding hydrogens is 440 g/mol. The minimum absolute atomic E-state index is 0. The molecule has 1 atom stereocenters. The van der Waals surface area contributed by atoms with E-state index in [1.165, 1.54) is 24.3 Å². The van der Waals surface area contributed by atoms with Crippen LogP contribution in [0.1, 0.15) is 0 Å². The number of aliphatic imine (C=N–C) groups is 1. The van der Waals surface area contributed by atoms with Crippen LogP contribution in [-0.4, -0.2) is 37.4 Å². The summed E-state index contributed by atoms with van der Waals surface area (Å²) in [6, 6.07) is 12.8. The van der Waals surface area contributed by atoms with Crippen LogP contribution in [0.5, 0.6) is 11.5 Å². The van der Waals surface area contributed by atoms with Gasteiger partial charge in [-0.15, -0.1) is 24.0 Å². The van der Waals surface area contributed by atoms with E-state index >= 15 is 0 Å². The first kappa shape index (κ1) is 21.0. The highest BCUT2D eigenvalue weighted by Gasteiger charge is 2.05. The highest BCUT2D eigenvalue weighted by molar-refractivity contribution is 14.0. The van der Waals surface area contributed by atoms with Gasteiger partial charge in [0.2, 0.25) is 0 Å². The lowest BCUT2D eigenvalue weighted by molar-refractivity contribution is 0.114. The lowest BCUT2D eigenvalue weighted by Gasteiger charge is -2.11. The van der Waals surface area contributed by atoms with Gasteiger partial charge in [0.05, 0.1) is 13.7 Å². The minimum atomic E-state index is -0.833. The molecule has 0 aliphatic rings. The number of nitrogens with two attached hydrogens (primary N) is 1. The summed E-state index contributed by atoms with van der Waals surface area (Å²) in [7, 11) is 1.58. The number of halogens is 2. The fourth-order valence-electron chi connectivity index (χ4n) is 1.87. The van der Waals surface area contributed by atoms with Gasteiger partial charge in [0.25, 0.3) is 0 Å². The molecule has 0 saturated heterocycles. The van der Waals surface area contributed by atoms with Gasteiger partial charge < -0.3 is 25.6 Å². The predicted octanol–water partition coefficient (Wildman–Crippen LogP) is 2.62. The molecule has 6 nitrogen and oxygen atoms in total. The summed E-state index contributed by atoms with van der Waals surface area (Å²) in [4.78, 5) is 4.05. The fraction of sp³-hybridized carbons (Fsp3) is 0.235. The van der Waals surface area contributed by atoms with Crippen LogP contribution in [0.4, 0.5) is 10.1 Å². The van der Waals surface area contributed by atoms with Gasteiger partial charge in [-0.3, -0.25) is 4.99 Å². The maximum absolute atomic E-state index is 12.8. The molecule has 2 aromatic carbocycles. The molecule has 2 aromatic rings. The SMILES string of the molecule is COc1cccc(NC(N)=NCC(O)COc2ccc(F)cc2)c1.I. The van der Waals surface area contributed by atoms with Gasteiger partial charge in [0.15, 0.2) is 5.96 Å². The Morgan fingerprint density at radius 3 is 2.64 bits per heavy atom. The Morgan fingerprint density at radius 1 is 1.24 bits per heavy atom. The van der Waals surface area contributed by atoms with E-state index in [1.54, 1.807) is 13.2 Å². The molecule has 0 aliphatic heterocycles. The summed E-state index contributed by atoms with van der Waals surface area (Å²) in [5, 5.41) is 12.8. The van der Waals surface area contributed by atoms with Gasteiger partial charge >= 0.3 is 0 Å². The maximum atomic E-state index is 12.8. The number of benzene rings is 2. The van der Waals surface area contributed by atoms with Crippen LogP contribution >= 0.6 is 24.0 Å². The first-order valence-electron chi connectivity index (χ1n) is 7.34. The largest absolute Gasteiger partial charge is 0.497 e. The Kier molecular flexibility index (Phi) is 9.00. The van der Waals surface area contributed by atoms with E-state index in [2.05, 4.69) is 10.3 Å². The van der Waals surface area contributed by atoms with E-state index in [0.29, 0.717) is 11.5 Å². The van der Waals surface area contributed by atoms with Crippen LogP contribution in [0, 0.1) is 5.82 Å². The molecule has 4 N–H and O–H groups in total. The lowest BCUT2D eigenvalue weighted by Crippen LogP contribution is -2.27. The fourth-order valence-corrected chi connectivity index (χ4v) is 1.87. The number of aliphatic hydroxyl groups excluding tert-OH is 1. The van der Waals surface area contributed by atoms with Crippen molar-refractivity contribution in [2.75, 3.05) is 25.6 Å². The summed E-state index contributed by atoms with van der Waals surface area (Å²) in [6.45, 7) is 0.103. The second-order valence-corrected chi connectivity index (χ2v) is 5.00. The molecule has 2 rings (SSSR count). The second kappa shape index (κ2) is 10.7. The summed E-state index contributed by atoms with van der Waals surface area (Å²) in [5.41, 5.74) is 6.50. The number of anilines is 1. The van der Waals surface area contributed by atoms with E-state index in [1.807, 2.05) is 18.2 Å². The minimum Gasteiger partial charge on any atom is -0.497 e. The summed E-state index contributed by atoms with van der Waals surface area (Å²) in [6.07, 6.45) is -0.833. The molecule has 136 valence electrons. The van der Waals surface area contributed by atoms with E-state index in [0.717, 1.165) is 5.69 Å². The Hall–Kier alpha value is -2.07. The van der Waals surface area contributed by atoms with Crippen molar-refractivity contribution in [2.24, 2.45) is 10.7 Å². The number of nitrogens with one attached hydrogen (secondary N) is 1. The molecule has 0 fully saturated rings. The molecule has 0 heterocycles. The van der Waals surface area contributed by atoms with Gasteiger partial charge in [0.1, 0.15) is 30.0 Å². The third kappa shape index (κ3) is 7.57. The Morgan fingerprint density at radius 2 is 1.96 bits per heavy atom. The average molecular weight is 461 g/mol. The monoisotopic (exact) mass is 461 g/mol. The van der Waals surface area contributed by atoms with Crippen molar-refractivity contribution in [2.45, 2.75) is 6.10 Å². The maximum Gasteiger partial charge on any atom is 0.193 e. The Labute approximate surface area is 162 Å². The number of rotatable bonds is 7. The van der Waals surface area contributed by atoms with Crippen molar-refractivity contribution in [1.82, 2.24) is 0 Å². The van der Waals surface area contributed by atoms with E-state index in [4.69, 9.17) is 15.2 Å². The smallest absolute Gasteiger partial charge is 0.193 e. The lowest BCUT2D eigenvalue weighted by atomic mass is 10.3.